The summed E-state index contributed by atoms with van der Waals surface area (Å²) in [5.41, 5.74) is 1.14. The normalized spacial score (nSPS) is 10.1. The summed E-state index contributed by atoms with van der Waals surface area (Å²) in [7, 11) is 0. The maximum absolute atomic E-state index is 10.9. The van der Waals surface area contributed by atoms with E-state index < -0.39 is 0 Å². The van der Waals surface area contributed by atoms with Crippen molar-refractivity contribution in [2.75, 3.05) is 13.2 Å². The minimum Gasteiger partial charge on any atom is -0.493 e. The van der Waals surface area contributed by atoms with Gasteiger partial charge in [-0.2, -0.15) is 0 Å². The third-order valence-electron chi connectivity index (χ3n) is 3.40. The van der Waals surface area contributed by atoms with Crippen LogP contribution in [0.25, 0.3) is 0 Å². The van der Waals surface area contributed by atoms with E-state index in [1.54, 1.807) is 24.3 Å². The van der Waals surface area contributed by atoms with Crippen molar-refractivity contribution in [2.24, 2.45) is 0 Å². The quantitative estimate of drug-likeness (QED) is 0.492. The Bertz CT molecular complexity index is 581. The van der Waals surface area contributed by atoms with E-state index in [0.29, 0.717) is 35.8 Å². The number of para-hydroxylation sites is 2. The fourth-order valence-electron chi connectivity index (χ4n) is 2.16. The molecule has 0 aliphatic rings. The van der Waals surface area contributed by atoms with Crippen molar-refractivity contribution in [3.8, 4) is 11.5 Å². The van der Waals surface area contributed by atoms with Gasteiger partial charge in [-0.15, -0.1) is 0 Å². The summed E-state index contributed by atoms with van der Waals surface area (Å²) in [5, 5.41) is 0. The van der Waals surface area contributed by atoms with E-state index in [1.165, 1.54) is 0 Å². The molecule has 0 aromatic heterocycles. The predicted molar refractivity (Wildman–Crippen MR) is 88.5 cm³/mol. The number of carbonyl (C=O) groups excluding carboxylic acids is 2. The first kappa shape index (κ1) is 16.7. The molecule has 0 amide bonds. The van der Waals surface area contributed by atoms with Crippen LogP contribution in [0.3, 0.4) is 0 Å². The molecule has 0 aliphatic heterocycles. The molecular weight excluding hydrogens is 292 g/mol. The van der Waals surface area contributed by atoms with Crippen LogP contribution in [-0.2, 0) is 0 Å². The van der Waals surface area contributed by atoms with Crippen LogP contribution in [0.1, 0.15) is 40.0 Å². The zero-order chi connectivity index (χ0) is 16.3. The Morgan fingerprint density at radius 2 is 1.09 bits per heavy atom. The van der Waals surface area contributed by atoms with Crippen LogP contribution in [0.5, 0.6) is 11.5 Å². The lowest BCUT2D eigenvalue weighted by atomic mass is 10.2. The lowest BCUT2D eigenvalue weighted by Gasteiger charge is -2.09. The number of aldehydes is 2. The first-order valence-electron chi connectivity index (χ1n) is 7.69. The summed E-state index contributed by atoms with van der Waals surface area (Å²) in [5.74, 6) is 1.25. The van der Waals surface area contributed by atoms with E-state index in [9.17, 15) is 9.59 Å². The van der Waals surface area contributed by atoms with Crippen molar-refractivity contribution >= 4 is 12.6 Å². The third-order valence-corrected chi connectivity index (χ3v) is 3.40. The minimum absolute atomic E-state index is 0.565. The Morgan fingerprint density at radius 1 is 0.652 bits per heavy atom. The summed E-state index contributed by atoms with van der Waals surface area (Å²) in [6.07, 6.45) is 4.31. The molecule has 2 aromatic carbocycles. The van der Waals surface area contributed by atoms with Crippen LogP contribution >= 0.6 is 0 Å². The summed E-state index contributed by atoms with van der Waals surface area (Å²) in [6.45, 7) is 1.13. The van der Waals surface area contributed by atoms with E-state index in [4.69, 9.17) is 9.47 Å². The summed E-state index contributed by atoms with van der Waals surface area (Å²) in [4.78, 5) is 21.7. The van der Waals surface area contributed by atoms with Crippen LogP contribution in [-0.4, -0.2) is 25.8 Å². The van der Waals surface area contributed by atoms with Gasteiger partial charge in [0.15, 0.2) is 12.6 Å². The average molecular weight is 312 g/mol. The Kier molecular flexibility index (Phi) is 6.85. The van der Waals surface area contributed by atoms with Crippen molar-refractivity contribution in [3.63, 3.8) is 0 Å². The highest BCUT2D eigenvalue weighted by molar-refractivity contribution is 5.79. The third kappa shape index (κ3) is 5.25. The molecule has 0 N–H and O–H groups in total. The fraction of sp³-hybridized carbons (Fsp3) is 0.263. The largest absolute Gasteiger partial charge is 0.493 e. The summed E-state index contributed by atoms with van der Waals surface area (Å²) < 4.78 is 11.2. The minimum atomic E-state index is 0.565. The molecule has 120 valence electrons. The van der Waals surface area contributed by atoms with Gasteiger partial charge in [0, 0.05) is 0 Å². The highest BCUT2D eigenvalue weighted by Gasteiger charge is 2.02. The van der Waals surface area contributed by atoms with E-state index in [1.807, 2.05) is 24.3 Å². The Hall–Kier alpha value is -2.62. The smallest absolute Gasteiger partial charge is 0.153 e. The average Bonchev–Trinajstić information content (AvgIpc) is 2.61. The Labute approximate surface area is 136 Å². The molecule has 0 radical (unpaired) electrons. The zero-order valence-corrected chi connectivity index (χ0v) is 12.9. The van der Waals surface area contributed by atoms with Crippen LogP contribution in [0.15, 0.2) is 48.5 Å². The van der Waals surface area contributed by atoms with Gasteiger partial charge in [-0.1, -0.05) is 24.3 Å². The number of ether oxygens (including phenoxy) is 2. The SMILES string of the molecule is O=Cc1ccccc1OCCCCCOc1ccccc1C=O. The number of hydrogen-bond donors (Lipinski definition) is 0. The lowest BCUT2D eigenvalue weighted by molar-refractivity contribution is 0.111. The van der Waals surface area contributed by atoms with Gasteiger partial charge in [0.05, 0.1) is 24.3 Å². The summed E-state index contributed by atoms with van der Waals surface area (Å²) in [6, 6.07) is 14.4. The van der Waals surface area contributed by atoms with E-state index in [-0.39, 0.29) is 0 Å². The number of unbranched alkanes of at least 4 members (excludes halogenated alkanes) is 2. The molecule has 0 aliphatic carbocycles. The van der Waals surface area contributed by atoms with Crippen molar-refractivity contribution in [2.45, 2.75) is 19.3 Å². The second-order valence-corrected chi connectivity index (χ2v) is 5.07. The van der Waals surface area contributed by atoms with Crippen LogP contribution in [0, 0.1) is 0 Å². The second kappa shape index (κ2) is 9.41. The van der Waals surface area contributed by atoms with Gasteiger partial charge in [-0.05, 0) is 43.5 Å². The molecule has 0 atom stereocenters. The number of rotatable bonds is 10. The van der Waals surface area contributed by atoms with Crippen molar-refractivity contribution in [1.82, 2.24) is 0 Å². The van der Waals surface area contributed by atoms with Gasteiger partial charge in [0.1, 0.15) is 11.5 Å². The van der Waals surface area contributed by atoms with Gasteiger partial charge in [-0.25, -0.2) is 0 Å². The monoisotopic (exact) mass is 312 g/mol. The first-order valence-corrected chi connectivity index (χ1v) is 7.69. The standard InChI is InChI=1S/C19H20O4/c20-14-16-8-2-4-10-18(16)22-12-6-1-7-13-23-19-11-5-3-9-17(19)15-21/h2-5,8-11,14-15H,1,6-7,12-13H2. The molecule has 4 heteroatoms. The Morgan fingerprint density at radius 3 is 1.52 bits per heavy atom. The molecule has 4 nitrogen and oxygen atoms in total. The topological polar surface area (TPSA) is 52.6 Å². The molecule has 0 unspecified atom stereocenters. The number of carbonyl (C=O) groups is 2. The molecule has 0 heterocycles. The number of benzene rings is 2. The zero-order valence-electron chi connectivity index (χ0n) is 12.9. The van der Waals surface area contributed by atoms with Gasteiger partial charge < -0.3 is 9.47 Å². The van der Waals surface area contributed by atoms with Crippen molar-refractivity contribution in [1.29, 1.82) is 0 Å². The molecule has 0 fully saturated rings. The summed E-state index contributed by atoms with van der Waals surface area (Å²) >= 11 is 0. The lowest BCUT2D eigenvalue weighted by Crippen LogP contribution is -2.03. The van der Waals surface area contributed by atoms with Crippen LogP contribution in [0.4, 0.5) is 0 Å². The van der Waals surface area contributed by atoms with E-state index in [0.717, 1.165) is 31.8 Å². The molecule has 2 rings (SSSR count). The first-order chi connectivity index (χ1) is 11.3. The van der Waals surface area contributed by atoms with Crippen LogP contribution in [0.2, 0.25) is 0 Å². The Balaban J connectivity index is 1.63. The predicted octanol–water partition coefficient (Wildman–Crippen LogP) is 3.94. The number of hydrogen-bond acceptors (Lipinski definition) is 4. The maximum atomic E-state index is 10.9. The van der Waals surface area contributed by atoms with Crippen molar-refractivity contribution < 1.29 is 19.1 Å². The second-order valence-electron chi connectivity index (χ2n) is 5.07. The molecule has 0 spiro atoms. The van der Waals surface area contributed by atoms with Crippen molar-refractivity contribution in [3.05, 3.63) is 59.7 Å². The molecule has 0 saturated heterocycles. The van der Waals surface area contributed by atoms with Gasteiger partial charge >= 0.3 is 0 Å². The fourth-order valence-corrected chi connectivity index (χ4v) is 2.16. The van der Waals surface area contributed by atoms with Gasteiger partial charge in [-0.3, -0.25) is 9.59 Å². The molecule has 0 bridgehead atoms. The van der Waals surface area contributed by atoms with Gasteiger partial charge in [0.2, 0.25) is 0 Å². The maximum Gasteiger partial charge on any atom is 0.153 e. The van der Waals surface area contributed by atoms with E-state index in [2.05, 4.69) is 0 Å². The highest BCUT2D eigenvalue weighted by atomic mass is 16.5. The van der Waals surface area contributed by atoms with E-state index >= 15 is 0 Å². The molecule has 23 heavy (non-hydrogen) atoms. The molecular formula is C19H20O4. The van der Waals surface area contributed by atoms with Gasteiger partial charge in [0.25, 0.3) is 0 Å². The van der Waals surface area contributed by atoms with Crippen LogP contribution < -0.4 is 9.47 Å². The molecule has 0 saturated carbocycles. The molecule has 2 aromatic rings. The highest BCUT2D eigenvalue weighted by Crippen LogP contribution is 2.17.